The number of fused-ring (bicyclic) bond motifs is 2. The van der Waals surface area contributed by atoms with E-state index in [0.29, 0.717) is 17.7 Å². The van der Waals surface area contributed by atoms with Gasteiger partial charge in [-0.2, -0.15) is 0 Å². The lowest BCUT2D eigenvalue weighted by atomic mass is 9.90. The van der Waals surface area contributed by atoms with E-state index in [1.165, 1.54) is 28.5 Å². The predicted octanol–water partition coefficient (Wildman–Crippen LogP) is 4.76. The van der Waals surface area contributed by atoms with E-state index in [1.807, 2.05) is 6.07 Å². The number of rotatable bonds is 6. The molecular formula is C28H25N3O7S. The summed E-state index contributed by atoms with van der Waals surface area (Å²) in [6.45, 7) is 1.88. The van der Waals surface area contributed by atoms with Crippen LogP contribution in [-0.4, -0.2) is 35.4 Å². The molecule has 3 aliphatic rings. The van der Waals surface area contributed by atoms with Crippen molar-refractivity contribution >= 4 is 45.5 Å². The van der Waals surface area contributed by atoms with Crippen LogP contribution in [0.5, 0.6) is 0 Å². The Labute approximate surface area is 227 Å². The summed E-state index contributed by atoms with van der Waals surface area (Å²) in [5.74, 6) is -2.60. The molecule has 3 heterocycles. The van der Waals surface area contributed by atoms with Gasteiger partial charge in [-0.3, -0.25) is 24.5 Å². The van der Waals surface area contributed by atoms with Crippen LogP contribution in [0, 0.1) is 16.0 Å². The van der Waals surface area contributed by atoms with E-state index < -0.39 is 40.8 Å². The van der Waals surface area contributed by atoms with Gasteiger partial charge in [0, 0.05) is 17.0 Å². The van der Waals surface area contributed by atoms with Crippen LogP contribution in [0.25, 0.3) is 0 Å². The minimum Gasteiger partial charge on any atom is -0.462 e. The topological polar surface area (TPSA) is 119 Å². The van der Waals surface area contributed by atoms with Gasteiger partial charge in [0.25, 0.3) is 11.6 Å². The number of hydrogen-bond acceptors (Lipinski definition) is 9. The van der Waals surface area contributed by atoms with Crippen LogP contribution in [0.15, 0.2) is 54.6 Å². The lowest BCUT2D eigenvalue weighted by Gasteiger charge is -2.28. The number of carbonyl (C=O) groups is 3. The van der Waals surface area contributed by atoms with Gasteiger partial charge in [-0.15, -0.1) is 11.3 Å². The number of esters is 1. The quantitative estimate of drug-likeness (QED) is 0.188. The van der Waals surface area contributed by atoms with Gasteiger partial charge in [0.05, 0.1) is 28.8 Å². The molecule has 6 rings (SSSR count). The average Bonchev–Trinajstić information content (AvgIpc) is 3.59. The highest BCUT2D eigenvalue weighted by atomic mass is 32.1. The van der Waals surface area contributed by atoms with Crippen molar-refractivity contribution in [1.82, 2.24) is 0 Å². The van der Waals surface area contributed by atoms with Crippen LogP contribution in [0.2, 0.25) is 0 Å². The standard InChI is InChI=1S/C28H25N3O7S/c1-2-37-28(34)21-19-13-6-7-14-20(19)39-27(21)29-25(32)22-23(16-9-8-12-18(15-16)31(35)36)30(38-24(22)26(29)33)17-10-4-3-5-11-17/h3-5,8-12,15,22-24H,2,6-7,13-14H2,1H3/t22-,23+,24-/m1/s1. The second-order valence-electron chi connectivity index (χ2n) is 9.63. The molecule has 2 amide bonds. The molecule has 0 bridgehead atoms. The van der Waals surface area contributed by atoms with Crippen molar-refractivity contribution in [2.75, 3.05) is 16.6 Å². The monoisotopic (exact) mass is 547 g/mol. The maximum atomic E-state index is 14.1. The van der Waals surface area contributed by atoms with E-state index in [1.54, 1.807) is 43.3 Å². The van der Waals surface area contributed by atoms with Crippen molar-refractivity contribution in [1.29, 1.82) is 0 Å². The Hall–Kier alpha value is -4.09. The molecule has 0 N–H and O–H groups in total. The molecule has 0 spiro atoms. The fraction of sp³-hybridized carbons (Fsp3) is 0.321. The summed E-state index contributed by atoms with van der Waals surface area (Å²) in [7, 11) is 0. The van der Waals surface area contributed by atoms with Crippen molar-refractivity contribution in [3.8, 4) is 0 Å². The third-order valence-electron chi connectivity index (χ3n) is 7.38. The predicted molar refractivity (Wildman–Crippen MR) is 143 cm³/mol. The third kappa shape index (κ3) is 4.09. The molecular weight excluding hydrogens is 522 g/mol. The minimum absolute atomic E-state index is 0.131. The van der Waals surface area contributed by atoms with Gasteiger partial charge in [0.1, 0.15) is 10.9 Å². The van der Waals surface area contributed by atoms with Crippen LogP contribution >= 0.6 is 11.3 Å². The van der Waals surface area contributed by atoms with Gasteiger partial charge in [-0.05, 0) is 55.9 Å². The smallest absolute Gasteiger partial charge is 0.341 e. The Morgan fingerprint density at radius 3 is 2.62 bits per heavy atom. The Balaban J connectivity index is 1.45. The molecule has 2 aromatic carbocycles. The molecule has 11 heteroatoms. The summed E-state index contributed by atoms with van der Waals surface area (Å²) < 4.78 is 5.33. The Morgan fingerprint density at radius 2 is 1.87 bits per heavy atom. The minimum atomic E-state index is -1.16. The second kappa shape index (κ2) is 9.90. The number of para-hydroxylation sites is 1. The first-order valence-electron chi connectivity index (χ1n) is 12.9. The fourth-order valence-electron chi connectivity index (χ4n) is 5.70. The highest BCUT2D eigenvalue weighted by molar-refractivity contribution is 7.17. The van der Waals surface area contributed by atoms with E-state index in [0.717, 1.165) is 34.6 Å². The largest absolute Gasteiger partial charge is 0.462 e. The number of nitrogens with zero attached hydrogens (tertiary/aromatic N) is 3. The maximum Gasteiger partial charge on any atom is 0.341 e. The molecule has 1 aliphatic carbocycles. The molecule has 39 heavy (non-hydrogen) atoms. The lowest BCUT2D eigenvalue weighted by Crippen LogP contribution is -2.37. The number of amides is 2. The number of thiophene rings is 1. The molecule has 0 radical (unpaired) electrons. The molecule has 2 aliphatic heterocycles. The molecule has 0 saturated carbocycles. The zero-order valence-electron chi connectivity index (χ0n) is 21.1. The number of ether oxygens (including phenoxy) is 1. The van der Waals surface area contributed by atoms with Crippen molar-refractivity contribution in [3.63, 3.8) is 0 Å². The Kier molecular flexibility index (Phi) is 6.40. The number of aryl methyl sites for hydroxylation is 1. The van der Waals surface area contributed by atoms with Gasteiger partial charge in [0.15, 0.2) is 6.10 Å². The summed E-state index contributed by atoms with van der Waals surface area (Å²) in [5.41, 5.74) is 2.08. The maximum absolute atomic E-state index is 14.1. The SMILES string of the molecule is CCOC(=O)c1c(N2C(=O)[C@H]3[C@@H](ON(c4ccccc4)[C@H]3c3cccc([N+](=O)[O-])c3)C2=O)sc2c1CCCC2. The second-order valence-corrected chi connectivity index (χ2v) is 10.7. The number of anilines is 2. The number of hydroxylamine groups is 1. The normalized spacial score (nSPS) is 22.1. The van der Waals surface area contributed by atoms with E-state index in [-0.39, 0.29) is 22.9 Å². The van der Waals surface area contributed by atoms with Gasteiger partial charge in [0.2, 0.25) is 5.91 Å². The van der Waals surface area contributed by atoms with E-state index in [4.69, 9.17) is 9.57 Å². The summed E-state index contributed by atoms with van der Waals surface area (Å²) in [5, 5.41) is 13.3. The number of imide groups is 1. The van der Waals surface area contributed by atoms with Crippen LogP contribution < -0.4 is 9.96 Å². The molecule has 2 saturated heterocycles. The molecule has 10 nitrogen and oxygen atoms in total. The first-order valence-corrected chi connectivity index (χ1v) is 13.7. The van der Waals surface area contributed by atoms with Crippen LogP contribution in [-0.2, 0) is 32.0 Å². The first kappa shape index (κ1) is 25.2. The molecule has 3 atom stereocenters. The number of non-ortho nitro benzene ring substituents is 1. The van der Waals surface area contributed by atoms with Crippen molar-refractivity contribution < 1.29 is 28.9 Å². The zero-order chi connectivity index (χ0) is 27.3. The molecule has 0 unspecified atom stereocenters. The average molecular weight is 548 g/mol. The van der Waals surface area contributed by atoms with Crippen LogP contribution in [0.3, 0.4) is 0 Å². The summed E-state index contributed by atoms with van der Waals surface area (Å²) in [4.78, 5) is 60.4. The van der Waals surface area contributed by atoms with Gasteiger partial charge in [-0.25, -0.2) is 14.8 Å². The Morgan fingerprint density at radius 1 is 1.10 bits per heavy atom. The summed E-state index contributed by atoms with van der Waals surface area (Å²) in [6.07, 6.45) is 2.16. The highest BCUT2D eigenvalue weighted by Crippen LogP contribution is 2.50. The highest BCUT2D eigenvalue weighted by Gasteiger charge is 2.61. The third-order valence-corrected chi connectivity index (χ3v) is 8.66. The number of carbonyl (C=O) groups excluding carboxylic acids is 3. The number of benzene rings is 2. The summed E-state index contributed by atoms with van der Waals surface area (Å²) in [6, 6.07) is 14.2. The number of nitro groups is 1. The van der Waals surface area contributed by atoms with Crippen LogP contribution in [0.4, 0.5) is 16.4 Å². The van der Waals surface area contributed by atoms with Crippen LogP contribution in [0.1, 0.15) is 52.2 Å². The number of nitro benzene ring substituents is 1. The van der Waals surface area contributed by atoms with Gasteiger partial charge >= 0.3 is 5.97 Å². The summed E-state index contributed by atoms with van der Waals surface area (Å²) >= 11 is 1.29. The zero-order valence-corrected chi connectivity index (χ0v) is 21.9. The van der Waals surface area contributed by atoms with Crippen molar-refractivity contribution in [3.05, 3.63) is 86.3 Å². The molecule has 1 aromatic heterocycles. The van der Waals surface area contributed by atoms with Gasteiger partial charge in [-0.1, -0.05) is 30.3 Å². The van der Waals surface area contributed by atoms with E-state index in [9.17, 15) is 24.5 Å². The first-order chi connectivity index (χ1) is 18.9. The Bertz CT molecular complexity index is 1490. The molecule has 2 fully saturated rings. The van der Waals surface area contributed by atoms with Gasteiger partial charge < -0.3 is 4.74 Å². The van der Waals surface area contributed by atoms with E-state index in [2.05, 4.69) is 0 Å². The fourth-order valence-corrected chi connectivity index (χ4v) is 7.08. The molecule has 3 aromatic rings. The van der Waals surface area contributed by atoms with Crippen molar-refractivity contribution in [2.45, 2.75) is 44.8 Å². The molecule has 200 valence electrons. The van der Waals surface area contributed by atoms with Crippen molar-refractivity contribution in [2.24, 2.45) is 5.92 Å². The van der Waals surface area contributed by atoms with E-state index >= 15 is 0 Å². The lowest BCUT2D eigenvalue weighted by molar-refractivity contribution is -0.384. The number of hydrogen-bond donors (Lipinski definition) is 0.